The Kier molecular flexibility index (Phi) is 7.28. The van der Waals surface area contributed by atoms with Crippen molar-refractivity contribution in [3.05, 3.63) is 77.8 Å². The number of hydrogen-bond acceptors (Lipinski definition) is 5. The molecule has 3 aromatic rings. The molecule has 1 atom stereocenters. The van der Waals surface area contributed by atoms with Crippen molar-refractivity contribution in [2.75, 3.05) is 37.0 Å². The van der Waals surface area contributed by atoms with E-state index >= 15 is 0 Å². The van der Waals surface area contributed by atoms with Crippen LogP contribution in [0.2, 0.25) is 5.02 Å². The number of carbonyl (C=O) groups excluding carboxylic acids is 1. The Morgan fingerprint density at radius 2 is 1.80 bits per heavy atom. The molecule has 1 fully saturated rings. The fraction of sp³-hybridized carbons (Fsp3) is 0.222. The van der Waals surface area contributed by atoms with Crippen LogP contribution in [-0.4, -0.2) is 49.6 Å². The number of benzene rings is 3. The molecule has 6 nitrogen and oxygen atoms in total. The molecule has 8 heteroatoms. The number of halogens is 2. The van der Waals surface area contributed by atoms with Gasteiger partial charge in [0.05, 0.1) is 10.7 Å². The maximum Gasteiger partial charge on any atom is 0.218 e. The third-order valence-corrected chi connectivity index (χ3v) is 6.30. The maximum atomic E-state index is 14.7. The topological polar surface area (TPSA) is 73.0 Å². The summed E-state index contributed by atoms with van der Waals surface area (Å²) in [5.74, 6) is -0.532. The Balaban J connectivity index is 1.71. The first-order valence-electron chi connectivity index (χ1n) is 11.3. The molecule has 1 aliphatic rings. The normalized spacial score (nSPS) is 15.6. The molecule has 182 valence electrons. The smallest absolute Gasteiger partial charge is 0.218 e. The minimum absolute atomic E-state index is 0.0507. The molecule has 1 amide bonds. The second-order valence-electron chi connectivity index (χ2n) is 8.84. The lowest BCUT2D eigenvalue weighted by atomic mass is 9.96. The van der Waals surface area contributed by atoms with Gasteiger partial charge in [-0.15, -0.1) is 0 Å². The lowest BCUT2D eigenvalue weighted by molar-refractivity contribution is -0.106. The van der Waals surface area contributed by atoms with Gasteiger partial charge in [-0.05, 0) is 53.9 Å². The number of rotatable bonds is 7. The molecule has 0 spiro atoms. The summed E-state index contributed by atoms with van der Waals surface area (Å²) in [6.45, 7) is 1.62. The zero-order chi connectivity index (χ0) is 25.1. The molecular weight excluding hydrogens is 467 g/mol. The first-order chi connectivity index (χ1) is 16.8. The Labute approximate surface area is 209 Å². The molecular formula is C27H28ClFN4O2. The molecule has 0 radical (unpaired) electrons. The molecule has 35 heavy (non-hydrogen) atoms. The average Bonchev–Trinajstić information content (AvgIpc) is 3.27. The van der Waals surface area contributed by atoms with E-state index in [0.29, 0.717) is 34.4 Å². The van der Waals surface area contributed by atoms with Gasteiger partial charge >= 0.3 is 0 Å². The summed E-state index contributed by atoms with van der Waals surface area (Å²) in [6.07, 6.45) is 4.88. The minimum Gasteiger partial charge on any atom is -0.507 e. The molecule has 0 aliphatic carbocycles. The molecule has 0 bridgehead atoms. The predicted molar refractivity (Wildman–Crippen MR) is 140 cm³/mol. The van der Waals surface area contributed by atoms with Gasteiger partial charge in [-0.3, -0.25) is 9.69 Å². The van der Waals surface area contributed by atoms with Crippen molar-refractivity contribution < 1.29 is 14.3 Å². The first kappa shape index (κ1) is 24.6. The van der Waals surface area contributed by atoms with Gasteiger partial charge in [-0.25, -0.2) is 4.39 Å². The second kappa shape index (κ2) is 10.4. The summed E-state index contributed by atoms with van der Waals surface area (Å²) < 4.78 is 14.7. The number of phenols is 1. The van der Waals surface area contributed by atoms with Gasteiger partial charge in [0, 0.05) is 62.4 Å². The van der Waals surface area contributed by atoms with E-state index in [-0.39, 0.29) is 16.8 Å². The van der Waals surface area contributed by atoms with Crippen LogP contribution >= 0.6 is 11.6 Å². The van der Waals surface area contributed by atoms with Crippen LogP contribution in [0.25, 0.3) is 22.3 Å². The summed E-state index contributed by atoms with van der Waals surface area (Å²) in [4.78, 5) is 16.9. The Bertz CT molecular complexity index is 1260. The lowest BCUT2D eigenvalue weighted by Gasteiger charge is -2.20. The number of carbonyl (C=O) groups is 1. The van der Waals surface area contributed by atoms with E-state index in [1.54, 1.807) is 35.5 Å². The van der Waals surface area contributed by atoms with Crippen LogP contribution in [0.4, 0.5) is 15.8 Å². The highest BCUT2D eigenvalue weighted by atomic mass is 35.5. The molecule has 3 aromatic carbocycles. The van der Waals surface area contributed by atoms with Crippen LogP contribution < -0.4 is 15.5 Å². The van der Waals surface area contributed by atoms with Crippen molar-refractivity contribution in [3.63, 3.8) is 0 Å². The van der Waals surface area contributed by atoms with Crippen LogP contribution in [-0.2, 0) is 4.79 Å². The van der Waals surface area contributed by atoms with Gasteiger partial charge in [-0.2, -0.15) is 0 Å². The monoisotopic (exact) mass is 494 g/mol. The van der Waals surface area contributed by atoms with Gasteiger partial charge in [0.15, 0.2) is 0 Å². The fourth-order valence-corrected chi connectivity index (χ4v) is 4.47. The maximum absolute atomic E-state index is 14.7. The predicted octanol–water partition coefficient (Wildman–Crippen LogP) is 5.05. The first-order valence-corrected chi connectivity index (χ1v) is 11.7. The average molecular weight is 495 g/mol. The largest absolute Gasteiger partial charge is 0.507 e. The van der Waals surface area contributed by atoms with E-state index in [1.807, 2.05) is 38.4 Å². The van der Waals surface area contributed by atoms with E-state index in [2.05, 4.69) is 4.90 Å². The Hall–Kier alpha value is -3.55. The summed E-state index contributed by atoms with van der Waals surface area (Å²) in [6, 6.07) is 15.3. The van der Waals surface area contributed by atoms with Crippen LogP contribution in [0.1, 0.15) is 6.42 Å². The summed E-state index contributed by atoms with van der Waals surface area (Å²) in [7, 11) is 3.68. The molecule has 0 aromatic heterocycles. The molecule has 1 saturated heterocycles. The van der Waals surface area contributed by atoms with E-state index in [4.69, 9.17) is 17.3 Å². The highest BCUT2D eigenvalue weighted by Crippen LogP contribution is 2.41. The van der Waals surface area contributed by atoms with Crippen LogP contribution in [0.5, 0.6) is 5.75 Å². The van der Waals surface area contributed by atoms with Crippen molar-refractivity contribution >= 4 is 29.4 Å². The second-order valence-corrected chi connectivity index (χ2v) is 9.24. The standard InChI is InChI=1S/C27H28ClFN4O2/c1-31(2)10-11-33(17-34)26-7-6-19(13-25(26)28)24-15-20(29)14-23(27(24)35)18-4-3-5-22(12-18)32-9-8-21(30)16-32/h3-7,10-15,17,21,35H,8-9,16,30H2,1-2H3/b11-10-. The summed E-state index contributed by atoms with van der Waals surface area (Å²) >= 11 is 6.48. The molecule has 3 N–H and O–H groups in total. The molecule has 0 saturated carbocycles. The van der Waals surface area contributed by atoms with E-state index in [9.17, 15) is 14.3 Å². The molecule has 4 rings (SSSR count). The van der Waals surface area contributed by atoms with Gasteiger partial charge in [-0.1, -0.05) is 29.8 Å². The van der Waals surface area contributed by atoms with E-state index in [0.717, 1.165) is 25.2 Å². The van der Waals surface area contributed by atoms with Gasteiger partial charge in [0.2, 0.25) is 6.41 Å². The fourth-order valence-electron chi connectivity index (χ4n) is 4.19. The van der Waals surface area contributed by atoms with Crippen LogP contribution in [0.15, 0.2) is 67.0 Å². The van der Waals surface area contributed by atoms with Gasteiger partial charge in [0.25, 0.3) is 0 Å². The lowest BCUT2D eigenvalue weighted by Crippen LogP contribution is -2.26. The number of amides is 1. The van der Waals surface area contributed by atoms with Crippen molar-refractivity contribution in [1.82, 2.24) is 4.90 Å². The Morgan fingerprint density at radius 3 is 2.40 bits per heavy atom. The highest BCUT2D eigenvalue weighted by Gasteiger charge is 2.21. The zero-order valence-electron chi connectivity index (χ0n) is 19.7. The number of anilines is 2. The molecule has 1 unspecified atom stereocenters. The van der Waals surface area contributed by atoms with Crippen molar-refractivity contribution in [3.8, 4) is 28.0 Å². The number of hydrogen-bond donors (Lipinski definition) is 2. The third kappa shape index (κ3) is 5.42. The third-order valence-electron chi connectivity index (χ3n) is 6.00. The van der Waals surface area contributed by atoms with Crippen molar-refractivity contribution in [1.29, 1.82) is 0 Å². The van der Waals surface area contributed by atoms with Gasteiger partial charge < -0.3 is 20.6 Å². The van der Waals surface area contributed by atoms with E-state index < -0.39 is 5.82 Å². The zero-order valence-corrected chi connectivity index (χ0v) is 20.4. The van der Waals surface area contributed by atoms with E-state index in [1.165, 1.54) is 17.0 Å². The number of nitrogens with zero attached hydrogens (tertiary/aromatic N) is 3. The number of phenolic OH excluding ortho intramolecular Hbond substituents is 1. The highest BCUT2D eigenvalue weighted by molar-refractivity contribution is 6.34. The summed E-state index contributed by atoms with van der Waals surface area (Å²) in [5.41, 5.74) is 9.42. The molecule has 1 heterocycles. The minimum atomic E-state index is -0.481. The van der Waals surface area contributed by atoms with Crippen molar-refractivity contribution in [2.45, 2.75) is 12.5 Å². The van der Waals surface area contributed by atoms with Crippen LogP contribution in [0, 0.1) is 5.82 Å². The van der Waals surface area contributed by atoms with Crippen molar-refractivity contribution in [2.24, 2.45) is 5.73 Å². The Morgan fingerprint density at radius 1 is 1.09 bits per heavy atom. The molecule has 1 aliphatic heterocycles. The number of aromatic hydroxyl groups is 1. The van der Waals surface area contributed by atoms with Crippen LogP contribution in [0.3, 0.4) is 0 Å². The quantitative estimate of drug-likeness (QED) is 0.449. The van der Waals surface area contributed by atoms with Gasteiger partial charge in [0.1, 0.15) is 11.6 Å². The SMILES string of the molecule is CN(C)/C=C\N(C=O)c1ccc(-c2cc(F)cc(-c3cccc(N4CCC(N)C4)c3)c2O)cc1Cl. The summed E-state index contributed by atoms with van der Waals surface area (Å²) in [5, 5.41) is 11.4. The number of nitrogens with two attached hydrogens (primary N) is 1.